The van der Waals surface area contributed by atoms with Crippen LogP contribution in [0.25, 0.3) is 0 Å². The smallest absolute Gasteiger partial charge is 0 e. The molecule has 3 heteroatoms. The van der Waals surface area contributed by atoms with Gasteiger partial charge in [0.15, 0.2) is 0 Å². The standard InChI is InChI=1S/C2H5B.Bi.V/c1-3-2;;/h1H2,2H3;;. The Morgan fingerprint density at radius 3 is 2.00 bits per heavy atom. The summed E-state index contributed by atoms with van der Waals surface area (Å²) in [6.45, 7) is 2.08. The van der Waals surface area contributed by atoms with Gasteiger partial charge >= 0.3 is 42.8 Å². The van der Waals surface area contributed by atoms with Crippen LogP contribution in [0.15, 0.2) is 0 Å². The van der Waals surface area contributed by atoms with Gasteiger partial charge in [-0.3, -0.25) is 0 Å². The van der Waals surface area contributed by atoms with E-state index in [0.29, 0.717) is 0 Å². The Bertz CT molecular complexity index is 11.6. The maximum atomic E-state index is 2.17. The molecular formula is C2H5BBiV. The fourth-order valence-electron chi connectivity index (χ4n) is 0. The topological polar surface area (TPSA) is 0 Å². The first kappa shape index (κ1) is 9.73. The molecule has 0 aromatic carbocycles. The molecule has 0 bridgehead atoms. The zero-order valence-corrected chi connectivity index (χ0v) is 8.05. The second kappa shape index (κ2) is 9.11. The predicted molar refractivity (Wildman–Crippen MR) is 22.2 cm³/mol. The first-order valence-corrected chi connectivity index (χ1v) is 3.76. The molecule has 0 saturated carbocycles. The van der Waals surface area contributed by atoms with E-state index < -0.39 is 0 Å². The van der Waals surface area contributed by atoms with Crippen molar-refractivity contribution in [2.45, 2.75) is 10.9 Å². The minimum Gasteiger partial charge on any atom is 0 e. The maximum absolute atomic E-state index is 2.17. The van der Waals surface area contributed by atoms with Crippen molar-refractivity contribution < 1.29 is 18.6 Å². The van der Waals surface area contributed by atoms with Gasteiger partial charge in [0.1, 0.15) is 0 Å². The molecule has 0 aliphatic carbocycles. The van der Waals surface area contributed by atoms with Crippen molar-refractivity contribution in [2.75, 3.05) is 0 Å². The van der Waals surface area contributed by atoms with Crippen molar-refractivity contribution in [3.05, 3.63) is 0 Å². The van der Waals surface area contributed by atoms with E-state index in [2.05, 4.69) is 14.1 Å². The molecule has 0 aromatic heterocycles. The van der Waals surface area contributed by atoms with Crippen molar-refractivity contribution in [2.24, 2.45) is 0 Å². The van der Waals surface area contributed by atoms with Gasteiger partial charge in [0, 0.05) is 18.6 Å². The number of rotatable bonds is 1. The first-order chi connectivity index (χ1) is 1.91. The Morgan fingerprint density at radius 1 is 1.80 bits per heavy atom. The van der Waals surface area contributed by atoms with Crippen LogP contribution in [0.2, 0.25) is 10.9 Å². The zero-order valence-electron chi connectivity index (χ0n) is 3.18. The third-order valence-corrected chi connectivity index (χ3v) is 1.60. The van der Waals surface area contributed by atoms with Crippen molar-refractivity contribution in [1.29, 1.82) is 0 Å². The Balaban J connectivity index is 0. The molecular weight excluding hydrogens is 295 g/mol. The Labute approximate surface area is 61.1 Å². The minimum absolute atomic E-state index is 0. The van der Waals surface area contributed by atoms with Gasteiger partial charge in [-0.1, -0.05) is 0 Å². The second-order valence-corrected chi connectivity index (χ2v) is 2.01. The van der Waals surface area contributed by atoms with E-state index in [1.165, 1.54) is 28.7 Å². The van der Waals surface area contributed by atoms with Gasteiger partial charge in [-0.2, -0.15) is 0 Å². The average molecular weight is 300 g/mol. The van der Waals surface area contributed by atoms with Gasteiger partial charge in [0.05, 0.1) is 0 Å². The quantitative estimate of drug-likeness (QED) is 0.610. The molecule has 0 saturated heterocycles. The van der Waals surface area contributed by atoms with Gasteiger partial charge in [0.25, 0.3) is 0 Å². The Morgan fingerprint density at radius 2 is 2.00 bits per heavy atom. The molecule has 26 valence electrons. The third-order valence-electron chi connectivity index (χ3n) is 0.183. The maximum Gasteiger partial charge on any atom is 0 e. The summed E-state index contributed by atoms with van der Waals surface area (Å²) < 4.78 is 1.31. The average Bonchev–Trinajstić information content (AvgIpc) is 1.37. The summed E-state index contributed by atoms with van der Waals surface area (Å²) in [6.07, 6.45) is 0. The molecule has 0 aliphatic heterocycles. The van der Waals surface area contributed by atoms with Gasteiger partial charge in [-0.25, -0.2) is 0 Å². The summed E-state index contributed by atoms with van der Waals surface area (Å²) in [5, 5.41) is 0. The molecule has 0 heterocycles. The van der Waals surface area contributed by atoms with Gasteiger partial charge in [-0.15, -0.1) is 0 Å². The van der Waals surface area contributed by atoms with E-state index in [-0.39, 0.29) is 18.6 Å². The summed E-state index contributed by atoms with van der Waals surface area (Å²) in [5.41, 5.74) is 0. The van der Waals surface area contributed by atoms with Crippen molar-refractivity contribution in [1.82, 2.24) is 0 Å². The molecule has 0 aliphatic rings. The van der Waals surface area contributed by atoms with E-state index >= 15 is 0 Å². The Kier molecular flexibility index (Phi) is 17.7. The molecule has 0 rings (SSSR count). The molecule has 5 heavy (non-hydrogen) atoms. The van der Waals surface area contributed by atoms with E-state index in [0.717, 1.165) is 0 Å². The van der Waals surface area contributed by atoms with E-state index in [1.54, 1.807) is 0 Å². The van der Waals surface area contributed by atoms with Gasteiger partial charge < -0.3 is 0 Å². The largest absolute Gasteiger partial charge is 0 e. The second-order valence-electron chi connectivity index (χ2n) is 0.591. The first-order valence-electron chi connectivity index (χ1n) is 1.30. The van der Waals surface area contributed by atoms with Crippen LogP contribution < -0.4 is 0 Å². The molecule has 0 fully saturated rings. The van der Waals surface area contributed by atoms with E-state index in [4.69, 9.17) is 0 Å². The molecule has 0 spiro atoms. The van der Waals surface area contributed by atoms with Crippen molar-refractivity contribution in [3.8, 4) is 0 Å². The van der Waals surface area contributed by atoms with Crippen molar-refractivity contribution >= 4 is 32.0 Å². The summed E-state index contributed by atoms with van der Waals surface area (Å²) in [5.74, 6) is 0. The normalized spacial score (nSPS) is 5.20. The van der Waals surface area contributed by atoms with E-state index in [1.807, 2.05) is 0 Å². The predicted octanol–water partition coefficient (Wildman–Crippen LogP) is 0.280. The van der Waals surface area contributed by atoms with Crippen LogP contribution in [-0.2, 0) is 18.6 Å². The van der Waals surface area contributed by atoms with Crippen LogP contribution in [0, 0.1) is 0 Å². The molecule has 0 aromatic rings. The monoisotopic (exact) mass is 300 g/mol. The Hall–Kier alpha value is 1.53. The van der Waals surface area contributed by atoms with Gasteiger partial charge in [-0.05, 0) is 0 Å². The fraction of sp³-hybridized carbons (Fsp3) is 1.00. The summed E-state index contributed by atoms with van der Waals surface area (Å²) in [6, 6.07) is 0. The third kappa shape index (κ3) is 10.8. The fourth-order valence-corrected chi connectivity index (χ4v) is 0. The molecule has 0 nitrogen and oxygen atoms in total. The number of hydrogen-bond donors (Lipinski definition) is 0. The molecule has 0 unspecified atom stereocenters. The summed E-state index contributed by atoms with van der Waals surface area (Å²) >= 11 is 1.49. The van der Waals surface area contributed by atoms with Crippen LogP contribution in [0.5, 0.6) is 0 Å². The minimum atomic E-state index is 0. The molecule has 0 atom stereocenters. The van der Waals surface area contributed by atoms with Gasteiger partial charge in [0.2, 0.25) is 0 Å². The van der Waals surface area contributed by atoms with Crippen LogP contribution in [0.1, 0.15) is 0 Å². The van der Waals surface area contributed by atoms with Crippen LogP contribution in [0.4, 0.5) is 0 Å². The van der Waals surface area contributed by atoms with Crippen LogP contribution in [-0.4, -0.2) is 32.0 Å². The summed E-state index contributed by atoms with van der Waals surface area (Å²) in [7, 11) is 2.17. The van der Waals surface area contributed by atoms with E-state index in [9.17, 15) is 0 Å². The van der Waals surface area contributed by atoms with Crippen LogP contribution in [0.3, 0.4) is 0 Å². The van der Waals surface area contributed by atoms with Crippen LogP contribution >= 0.6 is 0 Å². The number of hydrogen-bond acceptors (Lipinski definition) is 0. The van der Waals surface area contributed by atoms with Crippen molar-refractivity contribution in [3.63, 3.8) is 0 Å². The zero-order chi connectivity index (χ0) is 3.41. The summed E-state index contributed by atoms with van der Waals surface area (Å²) in [4.78, 5) is 0. The SMILES string of the molecule is C[B][CH2][Bi].[V]. The molecule has 0 N–H and O–H groups in total. The molecule has 0 amide bonds. The molecule has 4 radical (unpaired) electrons.